The van der Waals surface area contributed by atoms with Crippen LogP contribution in [0.15, 0.2) is 41.5 Å². The summed E-state index contributed by atoms with van der Waals surface area (Å²) >= 11 is 1.76. The molecule has 1 aromatic heterocycles. The summed E-state index contributed by atoms with van der Waals surface area (Å²) in [5, 5.41) is 7.97. The van der Waals surface area contributed by atoms with Gasteiger partial charge in [0.25, 0.3) is 0 Å². The minimum Gasteiger partial charge on any atom is -0.369 e. The lowest BCUT2D eigenvalue weighted by molar-refractivity contribution is 0.255. The van der Waals surface area contributed by atoms with Crippen molar-refractivity contribution in [2.45, 2.75) is 19.8 Å². The molecule has 0 radical (unpaired) electrons. The molecular formula is C21H32N6S. The van der Waals surface area contributed by atoms with Crippen LogP contribution in [0.4, 0.5) is 5.69 Å². The molecule has 7 heteroatoms. The number of nitrogens with zero attached hydrogens (tertiary/aromatic N) is 4. The summed E-state index contributed by atoms with van der Waals surface area (Å²) in [6, 6.07) is 10.7. The van der Waals surface area contributed by atoms with Crippen molar-refractivity contribution < 1.29 is 0 Å². The zero-order chi connectivity index (χ0) is 19.6. The molecule has 2 aromatic rings. The van der Waals surface area contributed by atoms with Crippen LogP contribution in [0.25, 0.3) is 0 Å². The number of aromatic nitrogens is 1. The normalized spacial score (nSPS) is 15.6. The van der Waals surface area contributed by atoms with Gasteiger partial charge < -0.3 is 15.5 Å². The molecule has 0 unspecified atom stereocenters. The highest BCUT2D eigenvalue weighted by molar-refractivity contribution is 7.11. The van der Waals surface area contributed by atoms with Crippen LogP contribution < -0.4 is 15.5 Å². The minimum absolute atomic E-state index is 0.855. The molecule has 2 N–H and O–H groups in total. The Morgan fingerprint density at radius 2 is 1.86 bits per heavy atom. The van der Waals surface area contributed by atoms with Gasteiger partial charge in [-0.05, 0) is 32.0 Å². The summed E-state index contributed by atoms with van der Waals surface area (Å²) < 4.78 is 0. The molecule has 1 aromatic carbocycles. The number of benzene rings is 1. The predicted molar refractivity (Wildman–Crippen MR) is 120 cm³/mol. The van der Waals surface area contributed by atoms with Crippen LogP contribution in [-0.4, -0.2) is 68.7 Å². The highest BCUT2D eigenvalue weighted by Crippen LogP contribution is 2.15. The Kier molecular flexibility index (Phi) is 8.11. The Morgan fingerprint density at radius 3 is 2.54 bits per heavy atom. The number of guanidine groups is 1. The summed E-state index contributed by atoms with van der Waals surface area (Å²) in [5.74, 6) is 0.877. The molecule has 152 valence electrons. The van der Waals surface area contributed by atoms with Crippen LogP contribution in [-0.2, 0) is 6.42 Å². The van der Waals surface area contributed by atoms with E-state index < -0.39 is 0 Å². The quantitative estimate of drug-likeness (QED) is 0.405. The first-order valence-corrected chi connectivity index (χ1v) is 10.9. The Bertz CT molecular complexity index is 722. The smallest absolute Gasteiger partial charge is 0.190 e. The third kappa shape index (κ3) is 6.49. The van der Waals surface area contributed by atoms with Crippen LogP contribution in [0.5, 0.6) is 0 Å². The second-order valence-electron chi connectivity index (χ2n) is 7.06. The van der Waals surface area contributed by atoms with Crippen molar-refractivity contribution in [3.63, 3.8) is 0 Å². The molecule has 0 atom stereocenters. The molecule has 0 spiro atoms. The van der Waals surface area contributed by atoms with Gasteiger partial charge in [-0.1, -0.05) is 18.2 Å². The van der Waals surface area contributed by atoms with Crippen LogP contribution >= 0.6 is 11.3 Å². The van der Waals surface area contributed by atoms with Gasteiger partial charge in [0.1, 0.15) is 0 Å². The van der Waals surface area contributed by atoms with Gasteiger partial charge in [-0.3, -0.25) is 9.89 Å². The number of hydrogen-bond acceptors (Lipinski definition) is 5. The molecule has 3 rings (SSSR count). The number of aliphatic imine (C=N–C) groups is 1. The van der Waals surface area contributed by atoms with Gasteiger partial charge in [0.05, 0.1) is 5.01 Å². The van der Waals surface area contributed by atoms with Gasteiger partial charge in [-0.15, -0.1) is 11.3 Å². The average Bonchev–Trinajstić information content (AvgIpc) is 3.16. The number of aryl methyl sites for hydroxylation is 1. The van der Waals surface area contributed by atoms with E-state index in [0.29, 0.717) is 0 Å². The molecular weight excluding hydrogens is 368 g/mol. The first-order chi connectivity index (χ1) is 13.7. The van der Waals surface area contributed by atoms with E-state index in [0.717, 1.165) is 64.6 Å². The minimum atomic E-state index is 0.855. The zero-order valence-corrected chi connectivity index (χ0v) is 17.8. The van der Waals surface area contributed by atoms with Crippen molar-refractivity contribution in [2.24, 2.45) is 4.99 Å². The molecule has 1 fully saturated rings. The van der Waals surface area contributed by atoms with Crippen LogP contribution in [0, 0.1) is 6.92 Å². The summed E-state index contributed by atoms with van der Waals surface area (Å²) in [6.45, 7) is 9.50. The van der Waals surface area contributed by atoms with E-state index >= 15 is 0 Å². The number of rotatable bonds is 8. The van der Waals surface area contributed by atoms with Gasteiger partial charge in [-0.2, -0.15) is 0 Å². The summed E-state index contributed by atoms with van der Waals surface area (Å²) in [6.07, 6.45) is 4.00. The van der Waals surface area contributed by atoms with E-state index in [4.69, 9.17) is 0 Å². The summed E-state index contributed by atoms with van der Waals surface area (Å²) in [4.78, 5) is 15.0. The van der Waals surface area contributed by atoms with Gasteiger partial charge in [0.15, 0.2) is 5.96 Å². The van der Waals surface area contributed by atoms with Crippen molar-refractivity contribution >= 4 is 23.0 Å². The first kappa shape index (κ1) is 20.6. The van der Waals surface area contributed by atoms with Crippen molar-refractivity contribution in [3.05, 3.63) is 46.4 Å². The molecule has 0 aliphatic carbocycles. The number of para-hydroxylation sites is 1. The lowest BCUT2D eigenvalue weighted by Gasteiger charge is -2.36. The number of thiazole rings is 1. The molecule has 0 bridgehead atoms. The third-order valence-electron chi connectivity index (χ3n) is 4.96. The van der Waals surface area contributed by atoms with Crippen molar-refractivity contribution in [1.29, 1.82) is 0 Å². The predicted octanol–water partition coefficient (Wildman–Crippen LogP) is 2.37. The first-order valence-electron chi connectivity index (χ1n) is 10.1. The fourth-order valence-corrected chi connectivity index (χ4v) is 4.19. The van der Waals surface area contributed by atoms with Gasteiger partial charge in [0.2, 0.25) is 0 Å². The van der Waals surface area contributed by atoms with Gasteiger partial charge >= 0.3 is 0 Å². The van der Waals surface area contributed by atoms with E-state index in [9.17, 15) is 0 Å². The molecule has 2 heterocycles. The van der Waals surface area contributed by atoms with E-state index in [1.807, 2.05) is 13.2 Å². The second kappa shape index (κ2) is 11.0. The fourth-order valence-electron chi connectivity index (χ4n) is 3.40. The zero-order valence-electron chi connectivity index (χ0n) is 17.0. The molecule has 0 amide bonds. The maximum Gasteiger partial charge on any atom is 0.190 e. The van der Waals surface area contributed by atoms with Crippen molar-refractivity contribution in [3.8, 4) is 0 Å². The summed E-state index contributed by atoms with van der Waals surface area (Å²) in [7, 11) is 1.83. The van der Waals surface area contributed by atoms with E-state index in [-0.39, 0.29) is 0 Å². The molecule has 28 heavy (non-hydrogen) atoms. The number of nitrogens with one attached hydrogen (secondary N) is 2. The third-order valence-corrected chi connectivity index (χ3v) is 5.93. The Morgan fingerprint density at radius 1 is 1.11 bits per heavy atom. The standard InChI is InChI=1S/C21H32N6S/c1-18-17-25-20(28-18)9-11-24-21(22-2)23-10-6-12-26-13-15-27(16-14-26)19-7-4-3-5-8-19/h3-5,7-8,17H,6,9-16H2,1-2H3,(H2,22,23,24). The van der Waals surface area contributed by atoms with Gasteiger partial charge in [-0.25, -0.2) is 4.98 Å². The van der Waals surface area contributed by atoms with Crippen LogP contribution in [0.1, 0.15) is 16.3 Å². The Hall–Kier alpha value is -2.12. The van der Waals surface area contributed by atoms with Crippen LogP contribution in [0.2, 0.25) is 0 Å². The Balaban J connectivity index is 1.26. The molecule has 1 aliphatic heterocycles. The fraction of sp³-hybridized carbons (Fsp3) is 0.524. The maximum absolute atomic E-state index is 4.40. The van der Waals surface area contributed by atoms with E-state index in [1.54, 1.807) is 11.3 Å². The van der Waals surface area contributed by atoms with Gasteiger partial charge in [0, 0.05) is 69.5 Å². The largest absolute Gasteiger partial charge is 0.369 e. The SMILES string of the molecule is CN=C(NCCCN1CCN(c2ccccc2)CC1)NCCc1ncc(C)s1. The lowest BCUT2D eigenvalue weighted by atomic mass is 10.2. The molecule has 1 saturated heterocycles. The maximum atomic E-state index is 4.40. The number of anilines is 1. The lowest BCUT2D eigenvalue weighted by Crippen LogP contribution is -2.47. The average molecular weight is 401 g/mol. The van der Waals surface area contributed by atoms with E-state index in [1.165, 1.54) is 15.6 Å². The molecule has 0 saturated carbocycles. The van der Waals surface area contributed by atoms with Crippen molar-refractivity contribution in [2.75, 3.05) is 57.8 Å². The monoisotopic (exact) mass is 400 g/mol. The molecule has 1 aliphatic rings. The molecule has 6 nitrogen and oxygen atoms in total. The highest BCUT2D eigenvalue weighted by Gasteiger charge is 2.16. The van der Waals surface area contributed by atoms with Crippen molar-refractivity contribution in [1.82, 2.24) is 20.5 Å². The topological polar surface area (TPSA) is 55.8 Å². The highest BCUT2D eigenvalue weighted by atomic mass is 32.1. The number of hydrogen-bond donors (Lipinski definition) is 2. The second-order valence-corrected chi connectivity index (χ2v) is 8.38. The Labute approximate surface area is 172 Å². The van der Waals surface area contributed by atoms with Crippen LogP contribution in [0.3, 0.4) is 0 Å². The summed E-state index contributed by atoms with van der Waals surface area (Å²) in [5.41, 5.74) is 1.34. The van der Waals surface area contributed by atoms with E-state index in [2.05, 4.69) is 67.7 Å². The number of piperazine rings is 1.